The zero-order chi connectivity index (χ0) is 20.8. The molecule has 0 radical (unpaired) electrons. The van der Waals surface area contributed by atoms with Gasteiger partial charge < -0.3 is 24.4 Å². The molecule has 0 aromatic heterocycles. The van der Waals surface area contributed by atoms with Crippen molar-refractivity contribution in [2.24, 2.45) is 0 Å². The Morgan fingerprint density at radius 3 is 2.31 bits per heavy atom. The molecule has 2 aromatic carbocycles. The van der Waals surface area contributed by atoms with E-state index in [-0.39, 0.29) is 11.9 Å². The number of hydrogen-bond donors (Lipinski definition) is 2. The summed E-state index contributed by atoms with van der Waals surface area (Å²) in [5.41, 5.74) is 3.54. The van der Waals surface area contributed by atoms with Crippen molar-refractivity contribution >= 4 is 17.6 Å². The molecular formula is C22H27N2O5+. The number of ether oxygens (including phenoxy) is 3. The van der Waals surface area contributed by atoms with Gasteiger partial charge in [0.15, 0.2) is 18.0 Å². The number of rotatable bonds is 7. The van der Waals surface area contributed by atoms with Crippen molar-refractivity contribution < 1.29 is 28.7 Å². The fraction of sp³-hybridized carbons (Fsp3) is 0.364. The van der Waals surface area contributed by atoms with E-state index in [2.05, 4.69) is 5.32 Å². The van der Waals surface area contributed by atoms with E-state index in [0.717, 1.165) is 25.3 Å². The second-order valence-electron chi connectivity index (χ2n) is 6.93. The first-order valence-electron chi connectivity index (χ1n) is 9.68. The monoisotopic (exact) mass is 399 g/mol. The molecule has 1 amide bonds. The van der Waals surface area contributed by atoms with E-state index in [4.69, 9.17) is 14.2 Å². The fourth-order valence-electron chi connectivity index (χ4n) is 3.52. The van der Waals surface area contributed by atoms with Gasteiger partial charge in [0.25, 0.3) is 5.91 Å². The first kappa shape index (κ1) is 20.7. The Balaban J connectivity index is 1.58. The number of quaternary nitrogens is 1. The van der Waals surface area contributed by atoms with Crippen molar-refractivity contribution in [1.29, 1.82) is 0 Å². The Morgan fingerprint density at radius 1 is 1.03 bits per heavy atom. The largest absolute Gasteiger partial charge is 0.493 e. The van der Waals surface area contributed by atoms with E-state index in [9.17, 15) is 9.59 Å². The SMILES string of the molecule is CCOC(=O)c1ccc(NC(=O)C[NH+]2CCc3cc(OC)c(OC)cc3C2)cc1. The highest BCUT2D eigenvalue weighted by Gasteiger charge is 2.24. The lowest BCUT2D eigenvalue weighted by atomic mass is 9.99. The topological polar surface area (TPSA) is 78.3 Å². The van der Waals surface area contributed by atoms with Gasteiger partial charge in [-0.15, -0.1) is 0 Å². The quantitative estimate of drug-likeness (QED) is 0.690. The number of hydrogen-bond acceptors (Lipinski definition) is 5. The summed E-state index contributed by atoms with van der Waals surface area (Å²) in [6.45, 7) is 4.09. The molecule has 1 aliphatic heterocycles. The van der Waals surface area contributed by atoms with E-state index in [0.29, 0.717) is 30.2 Å². The molecule has 0 spiro atoms. The van der Waals surface area contributed by atoms with Crippen molar-refractivity contribution in [1.82, 2.24) is 0 Å². The molecule has 0 saturated carbocycles. The third kappa shape index (κ3) is 5.06. The second-order valence-corrected chi connectivity index (χ2v) is 6.93. The molecule has 0 aliphatic carbocycles. The molecule has 29 heavy (non-hydrogen) atoms. The van der Waals surface area contributed by atoms with Crippen LogP contribution < -0.4 is 19.7 Å². The van der Waals surface area contributed by atoms with Gasteiger partial charge in [-0.25, -0.2) is 4.79 Å². The summed E-state index contributed by atoms with van der Waals surface area (Å²) in [5.74, 6) is 1.01. The number of fused-ring (bicyclic) bond motifs is 1. The number of carbonyl (C=O) groups is 2. The van der Waals surface area contributed by atoms with Gasteiger partial charge in [-0.05, 0) is 48.9 Å². The van der Waals surface area contributed by atoms with Gasteiger partial charge in [-0.1, -0.05) is 0 Å². The molecule has 0 saturated heterocycles. The van der Waals surface area contributed by atoms with Crippen LogP contribution in [0.15, 0.2) is 36.4 Å². The van der Waals surface area contributed by atoms with Gasteiger partial charge >= 0.3 is 5.97 Å². The van der Waals surface area contributed by atoms with Crippen LogP contribution in [0.4, 0.5) is 5.69 Å². The van der Waals surface area contributed by atoms with Crippen LogP contribution >= 0.6 is 0 Å². The molecule has 1 heterocycles. The number of methoxy groups -OCH3 is 2. The molecule has 0 fully saturated rings. The first-order chi connectivity index (χ1) is 14.0. The van der Waals surface area contributed by atoms with Crippen molar-refractivity contribution in [3.63, 3.8) is 0 Å². The molecule has 0 bridgehead atoms. The number of anilines is 1. The zero-order valence-electron chi connectivity index (χ0n) is 17.0. The zero-order valence-corrected chi connectivity index (χ0v) is 17.0. The Bertz CT molecular complexity index is 880. The Labute approximate surface area is 170 Å². The summed E-state index contributed by atoms with van der Waals surface area (Å²) in [6, 6.07) is 10.7. The van der Waals surface area contributed by atoms with E-state index in [1.807, 2.05) is 12.1 Å². The summed E-state index contributed by atoms with van der Waals surface area (Å²) in [5, 5.41) is 2.90. The molecule has 1 atom stereocenters. The summed E-state index contributed by atoms with van der Waals surface area (Å²) in [7, 11) is 3.26. The van der Waals surface area contributed by atoms with Gasteiger partial charge in [0.1, 0.15) is 6.54 Å². The summed E-state index contributed by atoms with van der Waals surface area (Å²) in [4.78, 5) is 25.4. The van der Waals surface area contributed by atoms with Crippen molar-refractivity contribution in [3.05, 3.63) is 53.1 Å². The van der Waals surface area contributed by atoms with Gasteiger partial charge in [-0.2, -0.15) is 0 Å². The molecule has 154 valence electrons. The third-order valence-corrected chi connectivity index (χ3v) is 4.98. The second kappa shape index (κ2) is 9.43. The number of carbonyl (C=O) groups excluding carboxylic acids is 2. The number of amides is 1. The molecule has 7 nitrogen and oxygen atoms in total. The number of benzene rings is 2. The summed E-state index contributed by atoms with van der Waals surface area (Å²) in [6.07, 6.45) is 0.881. The highest BCUT2D eigenvalue weighted by atomic mass is 16.5. The molecular weight excluding hydrogens is 372 g/mol. The van der Waals surface area contributed by atoms with Gasteiger partial charge in [0.2, 0.25) is 0 Å². The standard InChI is InChI=1S/C22H26N2O5/c1-4-29-22(26)15-5-7-18(8-6-15)23-21(25)14-24-10-9-16-11-19(27-2)20(28-3)12-17(16)13-24/h5-8,11-12H,4,9-10,13-14H2,1-3H3,(H,23,25)/p+1. The normalized spacial score (nSPS) is 15.2. The number of nitrogens with one attached hydrogen (secondary N) is 2. The molecule has 1 unspecified atom stereocenters. The maximum Gasteiger partial charge on any atom is 0.338 e. The van der Waals surface area contributed by atoms with Crippen LogP contribution in [0.3, 0.4) is 0 Å². The molecule has 1 aliphatic rings. The van der Waals surface area contributed by atoms with E-state index >= 15 is 0 Å². The van der Waals surface area contributed by atoms with Crippen LogP contribution in [0.1, 0.15) is 28.4 Å². The Morgan fingerprint density at radius 2 is 1.69 bits per heavy atom. The molecule has 2 aromatic rings. The minimum absolute atomic E-state index is 0.0622. The van der Waals surface area contributed by atoms with E-state index < -0.39 is 0 Å². The minimum atomic E-state index is -0.367. The average Bonchev–Trinajstić information content (AvgIpc) is 2.73. The van der Waals surface area contributed by atoms with Crippen LogP contribution in [0.25, 0.3) is 0 Å². The fourth-order valence-corrected chi connectivity index (χ4v) is 3.52. The van der Waals surface area contributed by atoms with Crippen molar-refractivity contribution in [2.45, 2.75) is 19.9 Å². The predicted octanol–water partition coefficient (Wildman–Crippen LogP) is 1.46. The highest BCUT2D eigenvalue weighted by Crippen LogP contribution is 2.31. The van der Waals surface area contributed by atoms with Crippen LogP contribution in [-0.4, -0.2) is 45.8 Å². The van der Waals surface area contributed by atoms with Gasteiger partial charge in [-0.3, -0.25) is 4.79 Å². The van der Waals surface area contributed by atoms with Gasteiger partial charge in [0.05, 0.1) is 32.9 Å². The van der Waals surface area contributed by atoms with E-state index in [1.54, 1.807) is 45.4 Å². The third-order valence-electron chi connectivity index (χ3n) is 4.98. The maximum atomic E-state index is 12.5. The Hall–Kier alpha value is -3.06. The van der Waals surface area contributed by atoms with Crippen LogP contribution in [0, 0.1) is 0 Å². The van der Waals surface area contributed by atoms with E-state index in [1.165, 1.54) is 16.0 Å². The van der Waals surface area contributed by atoms with Crippen LogP contribution in [0.5, 0.6) is 11.5 Å². The van der Waals surface area contributed by atoms with Crippen LogP contribution in [0.2, 0.25) is 0 Å². The highest BCUT2D eigenvalue weighted by molar-refractivity contribution is 5.93. The first-order valence-corrected chi connectivity index (χ1v) is 9.68. The lowest BCUT2D eigenvalue weighted by Gasteiger charge is -2.26. The van der Waals surface area contributed by atoms with Crippen molar-refractivity contribution in [2.75, 3.05) is 39.2 Å². The maximum absolute atomic E-state index is 12.5. The number of esters is 1. The summed E-state index contributed by atoms with van der Waals surface area (Å²) < 4.78 is 15.7. The Kier molecular flexibility index (Phi) is 6.72. The summed E-state index contributed by atoms with van der Waals surface area (Å²) >= 11 is 0. The van der Waals surface area contributed by atoms with Gasteiger partial charge in [0, 0.05) is 17.7 Å². The predicted molar refractivity (Wildman–Crippen MR) is 109 cm³/mol. The minimum Gasteiger partial charge on any atom is -0.493 e. The molecule has 2 N–H and O–H groups in total. The smallest absolute Gasteiger partial charge is 0.338 e. The van der Waals surface area contributed by atoms with Crippen molar-refractivity contribution in [3.8, 4) is 11.5 Å². The average molecular weight is 399 g/mol. The lowest BCUT2D eigenvalue weighted by Crippen LogP contribution is -3.12. The van der Waals surface area contributed by atoms with Crippen LogP contribution in [-0.2, 0) is 22.5 Å². The lowest BCUT2D eigenvalue weighted by molar-refractivity contribution is -0.907. The molecule has 7 heteroatoms. The molecule has 3 rings (SSSR count).